The van der Waals surface area contributed by atoms with Crippen molar-refractivity contribution in [3.63, 3.8) is 0 Å². The predicted molar refractivity (Wildman–Crippen MR) is 74.3 cm³/mol. The Morgan fingerprint density at radius 3 is 2.75 bits per heavy atom. The van der Waals surface area contributed by atoms with Gasteiger partial charge in [-0.2, -0.15) is 9.57 Å². The van der Waals surface area contributed by atoms with Gasteiger partial charge in [-0.25, -0.2) is 8.42 Å². The van der Waals surface area contributed by atoms with E-state index in [0.717, 1.165) is 0 Å². The first kappa shape index (κ1) is 14.8. The highest BCUT2D eigenvalue weighted by Gasteiger charge is 2.35. The summed E-state index contributed by atoms with van der Waals surface area (Å²) in [6, 6.07) is 5.91. The Kier molecular flexibility index (Phi) is 3.99. The van der Waals surface area contributed by atoms with Gasteiger partial charge >= 0.3 is 0 Å². The molecule has 1 saturated heterocycles. The fraction of sp³-hybridized carbons (Fsp3) is 0.462. The van der Waals surface area contributed by atoms with Crippen LogP contribution in [0, 0.1) is 11.3 Å². The number of benzene rings is 1. The second kappa shape index (κ2) is 5.40. The number of rotatable bonds is 2. The molecule has 0 spiro atoms. The third-order valence-corrected chi connectivity index (χ3v) is 5.33. The largest absolute Gasteiger partial charge is 0.398 e. The molecule has 1 aliphatic heterocycles. The molecule has 108 valence electrons. The van der Waals surface area contributed by atoms with E-state index in [2.05, 4.69) is 0 Å². The smallest absolute Gasteiger partial charge is 0.245 e. The quantitative estimate of drug-likeness (QED) is 0.819. The highest BCUT2D eigenvalue weighted by atomic mass is 32.2. The van der Waals surface area contributed by atoms with Crippen LogP contribution in [0.4, 0.5) is 5.69 Å². The van der Waals surface area contributed by atoms with Crippen molar-refractivity contribution >= 4 is 15.7 Å². The fourth-order valence-corrected chi connectivity index (χ4v) is 3.98. The molecule has 0 aliphatic carbocycles. The summed E-state index contributed by atoms with van der Waals surface area (Å²) < 4.78 is 32.2. The number of nitrogens with zero attached hydrogens (tertiary/aromatic N) is 2. The molecule has 0 aromatic heterocycles. The minimum absolute atomic E-state index is 0.0393. The van der Waals surface area contributed by atoms with Crippen molar-refractivity contribution < 1.29 is 13.2 Å². The van der Waals surface area contributed by atoms with E-state index < -0.39 is 10.0 Å². The minimum atomic E-state index is -3.68. The first-order valence-corrected chi connectivity index (χ1v) is 7.73. The van der Waals surface area contributed by atoms with Gasteiger partial charge in [-0.1, -0.05) is 0 Å². The molecule has 0 bridgehead atoms. The zero-order valence-electron chi connectivity index (χ0n) is 11.4. The summed E-state index contributed by atoms with van der Waals surface area (Å²) >= 11 is 0. The second-order valence-corrected chi connectivity index (χ2v) is 6.79. The summed E-state index contributed by atoms with van der Waals surface area (Å²) in [5.41, 5.74) is 6.21. The predicted octanol–water partition coefficient (Wildman–Crippen LogP) is 0.938. The maximum atomic E-state index is 12.7. The molecule has 2 unspecified atom stereocenters. The maximum Gasteiger partial charge on any atom is 0.245 e. The summed E-state index contributed by atoms with van der Waals surface area (Å²) in [6.45, 7) is 4.28. The number of hydrogen-bond donors (Lipinski definition) is 1. The molecule has 0 amide bonds. The number of nitrogen functional groups attached to an aromatic ring is 1. The zero-order valence-corrected chi connectivity index (χ0v) is 12.2. The van der Waals surface area contributed by atoms with Crippen molar-refractivity contribution in [1.82, 2.24) is 4.31 Å². The number of morpholine rings is 1. The van der Waals surface area contributed by atoms with Gasteiger partial charge in [-0.05, 0) is 32.0 Å². The van der Waals surface area contributed by atoms with Gasteiger partial charge in [0.2, 0.25) is 10.0 Å². The topological polar surface area (TPSA) is 96.4 Å². The van der Waals surface area contributed by atoms with Crippen molar-refractivity contribution in [3.05, 3.63) is 23.8 Å². The van der Waals surface area contributed by atoms with Crippen LogP contribution in [0.1, 0.15) is 19.4 Å². The number of ether oxygens (including phenoxy) is 1. The Bertz CT molecular complexity index is 651. The Morgan fingerprint density at radius 1 is 1.45 bits per heavy atom. The standard InChI is InChI=1S/C13H17N3O3S/c1-9-8-19-10(2)7-16(9)20(17,18)13-4-3-11(6-14)5-12(13)15/h3-5,9-10H,7-8,15H2,1-2H3. The van der Waals surface area contributed by atoms with E-state index in [1.54, 1.807) is 6.92 Å². The summed E-state index contributed by atoms with van der Waals surface area (Å²) in [5.74, 6) is 0. The molecule has 6 nitrogen and oxygen atoms in total. The molecule has 2 atom stereocenters. The first-order valence-electron chi connectivity index (χ1n) is 6.29. The molecule has 1 aromatic rings. The molecular formula is C13H17N3O3S. The van der Waals surface area contributed by atoms with Gasteiger partial charge in [0, 0.05) is 12.6 Å². The van der Waals surface area contributed by atoms with E-state index in [1.165, 1.54) is 22.5 Å². The Labute approximate surface area is 118 Å². The summed E-state index contributed by atoms with van der Waals surface area (Å²) in [7, 11) is -3.68. The van der Waals surface area contributed by atoms with Gasteiger partial charge in [0.05, 0.1) is 30.0 Å². The van der Waals surface area contributed by atoms with Crippen LogP contribution in [0.2, 0.25) is 0 Å². The van der Waals surface area contributed by atoms with E-state index in [0.29, 0.717) is 18.7 Å². The number of hydrogen-bond acceptors (Lipinski definition) is 5. The van der Waals surface area contributed by atoms with Crippen LogP contribution in [0.3, 0.4) is 0 Å². The van der Waals surface area contributed by atoms with Gasteiger partial charge in [0.25, 0.3) is 0 Å². The van der Waals surface area contributed by atoms with Crippen molar-refractivity contribution in [2.45, 2.75) is 30.9 Å². The second-order valence-electron chi connectivity index (χ2n) is 4.93. The number of nitrogens with two attached hydrogens (primary N) is 1. The van der Waals surface area contributed by atoms with Crippen LogP contribution in [-0.2, 0) is 14.8 Å². The molecule has 1 aromatic carbocycles. The lowest BCUT2D eigenvalue weighted by Crippen LogP contribution is -2.50. The van der Waals surface area contributed by atoms with Crippen molar-refractivity contribution in [3.8, 4) is 6.07 Å². The zero-order chi connectivity index (χ0) is 14.9. The Balaban J connectivity index is 2.42. The molecule has 1 aliphatic rings. The monoisotopic (exact) mass is 295 g/mol. The van der Waals surface area contributed by atoms with Gasteiger partial charge in [-0.3, -0.25) is 0 Å². The molecule has 0 radical (unpaired) electrons. The summed E-state index contributed by atoms with van der Waals surface area (Å²) in [5, 5.41) is 8.80. The molecule has 1 fully saturated rings. The normalized spacial score (nSPS) is 24.2. The van der Waals surface area contributed by atoms with Gasteiger partial charge < -0.3 is 10.5 Å². The van der Waals surface area contributed by atoms with E-state index in [-0.39, 0.29) is 22.7 Å². The lowest BCUT2D eigenvalue weighted by molar-refractivity contribution is -0.0170. The molecule has 7 heteroatoms. The van der Waals surface area contributed by atoms with E-state index in [4.69, 9.17) is 15.7 Å². The lowest BCUT2D eigenvalue weighted by atomic mass is 10.2. The Hall–Kier alpha value is -1.62. The average Bonchev–Trinajstić information content (AvgIpc) is 2.40. The number of nitriles is 1. The average molecular weight is 295 g/mol. The molecular weight excluding hydrogens is 278 g/mol. The van der Waals surface area contributed by atoms with Crippen LogP contribution in [0.15, 0.2) is 23.1 Å². The van der Waals surface area contributed by atoms with Crippen molar-refractivity contribution in [1.29, 1.82) is 5.26 Å². The van der Waals surface area contributed by atoms with Crippen LogP contribution in [0.5, 0.6) is 0 Å². The third-order valence-electron chi connectivity index (χ3n) is 3.28. The first-order chi connectivity index (χ1) is 9.36. The SMILES string of the molecule is CC1CN(S(=O)(=O)c2ccc(C#N)cc2N)C(C)CO1. The van der Waals surface area contributed by atoms with Crippen LogP contribution >= 0.6 is 0 Å². The maximum absolute atomic E-state index is 12.7. The van der Waals surface area contributed by atoms with E-state index >= 15 is 0 Å². The molecule has 2 rings (SSSR count). The lowest BCUT2D eigenvalue weighted by Gasteiger charge is -2.35. The molecule has 0 saturated carbocycles. The molecule has 1 heterocycles. The van der Waals surface area contributed by atoms with Crippen LogP contribution in [0.25, 0.3) is 0 Å². The molecule has 20 heavy (non-hydrogen) atoms. The number of anilines is 1. The van der Waals surface area contributed by atoms with Crippen molar-refractivity contribution in [2.24, 2.45) is 0 Å². The van der Waals surface area contributed by atoms with Crippen LogP contribution in [-0.4, -0.2) is 38.0 Å². The van der Waals surface area contributed by atoms with E-state index in [1.807, 2.05) is 13.0 Å². The highest BCUT2D eigenvalue weighted by Crippen LogP contribution is 2.27. The highest BCUT2D eigenvalue weighted by molar-refractivity contribution is 7.89. The third kappa shape index (κ3) is 2.63. The molecule has 2 N–H and O–H groups in total. The van der Waals surface area contributed by atoms with Gasteiger partial charge in [0.1, 0.15) is 4.90 Å². The van der Waals surface area contributed by atoms with Crippen molar-refractivity contribution in [2.75, 3.05) is 18.9 Å². The van der Waals surface area contributed by atoms with Crippen LogP contribution < -0.4 is 5.73 Å². The van der Waals surface area contributed by atoms with Gasteiger partial charge in [-0.15, -0.1) is 0 Å². The van der Waals surface area contributed by atoms with E-state index in [9.17, 15) is 8.42 Å². The minimum Gasteiger partial charge on any atom is -0.398 e. The summed E-state index contributed by atoms with van der Waals surface area (Å²) in [4.78, 5) is 0.0393. The Morgan fingerprint density at radius 2 is 2.15 bits per heavy atom. The van der Waals surface area contributed by atoms with Gasteiger partial charge in [0.15, 0.2) is 0 Å². The summed E-state index contributed by atoms with van der Waals surface area (Å²) in [6.07, 6.45) is -0.152. The number of sulfonamides is 1. The fourth-order valence-electron chi connectivity index (χ4n) is 2.19.